The lowest BCUT2D eigenvalue weighted by Crippen LogP contribution is -2.20. The van der Waals surface area contributed by atoms with Crippen LogP contribution in [-0.4, -0.2) is 6.03 Å². The number of anilines is 2. The van der Waals surface area contributed by atoms with Crippen molar-refractivity contribution in [2.75, 3.05) is 10.6 Å². The molecule has 2 N–H and O–H groups in total. The van der Waals surface area contributed by atoms with Gasteiger partial charge in [-0.2, -0.15) is 0 Å². The van der Waals surface area contributed by atoms with Gasteiger partial charge in [0.1, 0.15) is 0 Å². The number of amides is 2. The van der Waals surface area contributed by atoms with E-state index in [0.717, 1.165) is 21.8 Å². The van der Waals surface area contributed by atoms with Crippen LogP contribution in [0.15, 0.2) is 35.7 Å². The van der Waals surface area contributed by atoms with Crippen LogP contribution in [0.25, 0.3) is 0 Å². The normalized spacial score (nSPS) is 10.5. The van der Waals surface area contributed by atoms with Gasteiger partial charge < -0.3 is 5.32 Å². The topological polar surface area (TPSA) is 41.1 Å². The molecule has 0 aliphatic rings. The number of thiophene rings is 1. The fourth-order valence-corrected chi connectivity index (χ4v) is 2.56. The van der Waals surface area contributed by atoms with Crippen molar-refractivity contribution < 1.29 is 4.79 Å². The third kappa shape index (κ3) is 3.35. The molecule has 2 rings (SSSR count). The molecule has 100 valence electrons. The minimum Gasteiger partial charge on any atom is -0.307 e. The molecule has 1 aromatic heterocycles. The van der Waals surface area contributed by atoms with Crippen LogP contribution >= 0.6 is 11.3 Å². The van der Waals surface area contributed by atoms with E-state index >= 15 is 0 Å². The lowest BCUT2D eigenvalue weighted by molar-refractivity contribution is 0.262. The van der Waals surface area contributed by atoms with E-state index in [0.29, 0.717) is 5.92 Å². The van der Waals surface area contributed by atoms with Crippen molar-refractivity contribution in [1.29, 1.82) is 0 Å². The fourth-order valence-electron chi connectivity index (χ4n) is 1.95. The summed E-state index contributed by atoms with van der Waals surface area (Å²) < 4.78 is 0. The number of aryl methyl sites for hydroxylation is 1. The zero-order valence-electron chi connectivity index (χ0n) is 11.4. The monoisotopic (exact) mass is 274 g/mol. The molecule has 0 bridgehead atoms. The molecule has 1 heterocycles. The summed E-state index contributed by atoms with van der Waals surface area (Å²) in [7, 11) is 0. The first-order valence-electron chi connectivity index (χ1n) is 6.29. The molecule has 2 aromatic rings. The maximum absolute atomic E-state index is 12.0. The Morgan fingerprint density at radius 1 is 1.16 bits per heavy atom. The lowest BCUT2D eigenvalue weighted by atomic mass is 9.98. The Labute approximate surface area is 117 Å². The largest absolute Gasteiger partial charge is 0.324 e. The number of para-hydroxylation sites is 1. The third-order valence-electron chi connectivity index (χ3n) is 2.92. The van der Waals surface area contributed by atoms with Gasteiger partial charge in [-0.25, -0.2) is 4.79 Å². The van der Waals surface area contributed by atoms with Gasteiger partial charge in [-0.15, -0.1) is 11.3 Å². The zero-order chi connectivity index (χ0) is 13.8. The second-order valence-electron chi connectivity index (χ2n) is 4.75. The average molecular weight is 274 g/mol. The fraction of sp³-hybridized carbons (Fsp3) is 0.267. The number of benzene rings is 1. The number of rotatable bonds is 3. The first-order valence-corrected chi connectivity index (χ1v) is 7.17. The van der Waals surface area contributed by atoms with Crippen LogP contribution in [-0.2, 0) is 0 Å². The SMILES string of the molecule is Cc1cccc(C(C)C)c1NC(=O)Nc1cccs1. The lowest BCUT2D eigenvalue weighted by Gasteiger charge is -2.16. The first kappa shape index (κ1) is 13.6. The van der Waals surface area contributed by atoms with Gasteiger partial charge in [0.15, 0.2) is 0 Å². The van der Waals surface area contributed by atoms with Crippen LogP contribution < -0.4 is 10.6 Å². The number of carbonyl (C=O) groups excluding carboxylic acids is 1. The number of urea groups is 1. The Hall–Kier alpha value is -1.81. The maximum Gasteiger partial charge on any atom is 0.324 e. The molecule has 0 saturated carbocycles. The highest BCUT2D eigenvalue weighted by molar-refractivity contribution is 7.14. The summed E-state index contributed by atoms with van der Waals surface area (Å²) in [6.07, 6.45) is 0. The molecule has 0 aliphatic heterocycles. The van der Waals surface area contributed by atoms with Gasteiger partial charge in [-0.05, 0) is 41.5 Å². The molecule has 0 aliphatic carbocycles. The van der Waals surface area contributed by atoms with Crippen LogP contribution in [0.1, 0.15) is 30.9 Å². The Morgan fingerprint density at radius 3 is 2.58 bits per heavy atom. The molecule has 1 aromatic carbocycles. The molecular formula is C15H18N2OS. The summed E-state index contributed by atoms with van der Waals surface area (Å²) in [4.78, 5) is 12.0. The van der Waals surface area contributed by atoms with Crippen molar-refractivity contribution in [3.63, 3.8) is 0 Å². The molecule has 3 nitrogen and oxygen atoms in total. The van der Waals surface area contributed by atoms with Gasteiger partial charge in [0, 0.05) is 5.69 Å². The predicted molar refractivity (Wildman–Crippen MR) is 82.2 cm³/mol. The van der Waals surface area contributed by atoms with Gasteiger partial charge in [0.2, 0.25) is 0 Å². The van der Waals surface area contributed by atoms with E-state index in [2.05, 4.69) is 30.5 Å². The highest BCUT2D eigenvalue weighted by atomic mass is 32.1. The van der Waals surface area contributed by atoms with E-state index in [9.17, 15) is 4.79 Å². The summed E-state index contributed by atoms with van der Waals surface area (Å²) in [6, 6.07) is 9.68. The summed E-state index contributed by atoms with van der Waals surface area (Å²) in [6.45, 7) is 6.25. The molecular weight excluding hydrogens is 256 g/mol. The van der Waals surface area contributed by atoms with Crippen molar-refractivity contribution in [2.45, 2.75) is 26.7 Å². The highest BCUT2D eigenvalue weighted by Crippen LogP contribution is 2.27. The highest BCUT2D eigenvalue weighted by Gasteiger charge is 2.12. The van der Waals surface area contributed by atoms with Gasteiger partial charge >= 0.3 is 6.03 Å². The Morgan fingerprint density at radius 2 is 1.95 bits per heavy atom. The van der Waals surface area contributed by atoms with Crippen molar-refractivity contribution in [3.05, 3.63) is 46.8 Å². The predicted octanol–water partition coefficient (Wildman–Crippen LogP) is 4.82. The second kappa shape index (κ2) is 5.89. The Balaban J connectivity index is 2.16. The van der Waals surface area contributed by atoms with E-state index in [-0.39, 0.29) is 6.03 Å². The van der Waals surface area contributed by atoms with E-state index in [1.807, 2.05) is 36.6 Å². The molecule has 2 amide bonds. The maximum atomic E-state index is 12.0. The smallest absolute Gasteiger partial charge is 0.307 e. The molecule has 19 heavy (non-hydrogen) atoms. The number of nitrogens with one attached hydrogen (secondary N) is 2. The van der Waals surface area contributed by atoms with E-state index in [1.54, 1.807) is 0 Å². The zero-order valence-corrected chi connectivity index (χ0v) is 12.2. The van der Waals surface area contributed by atoms with Crippen LogP contribution in [0, 0.1) is 6.92 Å². The van der Waals surface area contributed by atoms with E-state index < -0.39 is 0 Å². The van der Waals surface area contributed by atoms with Crippen molar-refractivity contribution in [1.82, 2.24) is 0 Å². The molecule has 4 heteroatoms. The van der Waals surface area contributed by atoms with Crippen LogP contribution in [0.4, 0.5) is 15.5 Å². The van der Waals surface area contributed by atoms with Crippen LogP contribution in [0.3, 0.4) is 0 Å². The number of hydrogen-bond donors (Lipinski definition) is 2. The average Bonchev–Trinajstić information content (AvgIpc) is 2.84. The third-order valence-corrected chi connectivity index (χ3v) is 3.71. The molecule has 0 radical (unpaired) electrons. The van der Waals surface area contributed by atoms with Crippen molar-refractivity contribution in [2.24, 2.45) is 0 Å². The van der Waals surface area contributed by atoms with Gasteiger partial charge in [0.05, 0.1) is 5.00 Å². The number of carbonyl (C=O) groups is 1. The summed E-state index contributed by atoms with van der Waals surface area (Å²) in [5.74, 6) is 0.372. The summed E-state index contributed by atoms with van der Waals surface area (Å²) in [5, 5.41) is 8.57. The second-order valence-corrected chi connectivity index (χ2v) is 5.70. The van der Waals surface area contributed by atoms with Crippen LogP contribution in [0.5, 0.6) is 0 Å². The van der Waals surface area contributed by atoms with Gasteiger partial charge in [0.25, 0.3) is 0 Å². The van der Waals surface area contributed by atoms with Gasteiger partial charge in [-0.3, -0.25) is 5.32 Å². The van der Waals surface area contributed by atoms with Gasteiger partial charge in [-0.1, -0.05) is 32.0 Å². The molecule has 0 fully saturated rings. The van der Waals surface area contributed by atoms with Crippen molar-refractivity contribution in [3.8, 4) is 0 Å². The summed E-state index contributed by atoms with van der Waals surface area (Å²) in [5.41, 5.74) is 3.14. The van der Waals surface area contributed by atoms with E-state index in [4.69, 9.17) is 0 Å². The molecule has 0 atom stereocenters. The minimum atomic E-state index is -0.196. The minimum absolute atomic E-state index is 0.196. The van der Waals surface area contributed by atoms with E-state index in [1.165, 1.54) is 11.3 Å². The molecule has 0 saturated heterocycles. The molecule has 0 spiro atoms. The van der Waals surface area contributed by atoms with Crippen molar-refractivity contribution >= 4 is 28.1 Å². The molecule has 0 unspecified atom stereocenters. The standard InChI is InChI=1S/C15H18N2OS/c1-10(2)12-7-4-6-11(3)14(12)17-15(18)16-13-8-5-9-19-13/h4-10H,1-3H3,(H2,16,17,18). The Kier molecular flexibility index (Phi) is 4.22. The first-order chi connectivity index (χ1) is 9.08. The van der Waals surface area contributed by atoms with Crippen LogP contribution in [0.2, 0.25) is 0 Å². The Bertz CT molecular complexity index is 562. The quantitative estimate of drug-likeness (QED) is 0.827. The summed E-state index contributed by atoms with van der Waals surface area (Å²) >= 11 is 1.50. The number of hydrogen-bond acceptors (Lipinski definition) is 2.